The molecule has 1 amide bonds. The Labute approximate surface area is 165 Å². The number of para-hydroxylation sites is 1. The lowest BCUT2D eigenvalue weighted by molar-refractivity contribution is -0.130. The molecular weight excluding hydrogens is 376 g/mol. The standard InChI is InChI=1S/C21H24N2O4S/c1-16-7-3-4-8-17(16)13-20(24)23-12-11-21(15-23)14-22(2)28(25,26)19-10-6-5-9-18(19)27-21/h3-10H,11-15H2,1-2H3/t21-/m1/s1. The Morgan fingerprint density at radius 1 is 1.11 bits per heavy atom. The lowest BCUT2D eigenvalue weighted by atomic mass is 10.0. The molecule has 2 aliphatic heterocycles. The molecule has 4 rings (SSSR count). The van der Waals surface area contributed by atoms with Gasteiger partial charge in [-0.25, -0.2) is 8.42 Å². The molecule has 1 spiro atoms. The number of carbonyl (C=O) groups is 1. The Morgan fingerprint density at radius 3 is 2.61 bits per heavy atom. The molecule has 0 unspecified atom stereocenters. The molecule has 2 aliphatic rings. The fraction of sp³-hybridized carbons (Fsp3) is 0.381. The summed E-state index contributed by atoms with van der Waals surface area (Å²) in [6.45, 7) is 3.16. The van der Waals surface area contributed by atoms with E-state index >= 15 is 0 Å². The summed E-state index contributed by atoms with van der Waals surface area (Å²) in [4.78, 5) is 14.8. The van der Waals surface area contributed by atoms with Crippen LogP contribution in [-0.2, 0) is 21.2 Å². The number of fused-ring (bicyclic) bond motifs is 1. The summed E-state index contributed by atoms with van der Waals surface area (Å²) in [5.74, 6) is 0.401. The van der Waals surface area contributed by atoms with Crippen LogP contribution in [0.1, 0.15) is 17.5 Å². The van der Waals surface area contributed by atoms with Gasteiger partial charge in [0.1, 0.15) is 16.2 Å². The zero-order chi connectivity index (χ0) is 19.9. The Bertz CT molecular complexity index is 1020. The number of sulfonamides is 1. The zero-order valence-corrected chi connectivity index (χ0v) is 16.9. The average Bonchev–Trinajstić information content (AvgIpc) is 3.04. The number of carbonyl (C=O) groups excluding carboxylic acids is 1. The van der Waals surface area contributed by atoms with E-state index in [1.807, 2.05) is 31.2 Å². The highest BCUT2D eigenvalue weighted by Crippen LogP contribution is 2.37. The first-order valence-electron chi connectivity index (χ1n) is 9.37. The number of benzene rings is 2. The minimum Gasteiger partial charge on any atom is -0.483 e. The minimum atomic E-state index is -3.61. The topological polar surface area (TPSA) is 66.9 Å². The van der Waals surface area contributed by atoms with Crippen LogP contribution >= 0.6 is 0 Å². The molecule has 2 aromatic rings. The molecule has 2 heterocycles. The second-order valence-corrected chi connectivity index (χ2v) is 9.67. The van der Waals surface area contributed by atoms with Gasteiger partial charge in [-0.1, -0.05) is 36.4 Å². The van der Waals surface area contributed by atoms with Crippen LogP contribution in [0.2, 0.25) is 0 Å². The van der Waals surface area contributed by atoms with Crippen LogP contribution in [-0.4, -0.2) is 55.8 Å². The second kappa shape index (κ2) is 6.90. The molecule has 0 aliphatic carbocycles. The largest absolute Gasteiger partial charge is 0.483 e. The van der Waals surface area contributed by atoms with E-state index in [4.69, 9.17) is 4.74 Å². The molecule has 7 heteroatoms. The summed E-state index contributed by atoms with van der Waals surface area (Å²) < 4.78 is 33.2. The maximum atomic E-state index is 12.9. The SMILES string of the molecule is Cc1ccccc1CC(=O)N1CC[C@]2(C1)CN(C)S(=O)(=O)c1ccccc1O2. The van der Waals surface area contributed by atoms with Crippen LogP contribution in [0, 0.1) is 6.92 Å². The monoisotopic (exact) mass is 400 g/mol. The number of hydrogen-bond acceptors (Lipinski definition) is 4. The maximum absolute atomic E-state index is 12.9. The lowest BCUT2D eigenvalue weighted by Crippen LogP contribution is -2.48. The number of nitrogens with zero attached hydrogens (tertiary/aromatic N) is 2. The Hall–Kier alpha value is -2.38. The van der Waals surface area contributed by atoms with Gasteiger partial charge in [-0.3, -0.25) is 4.79 Å². The molecule has 6 nitrogen and oxygen atoms in total. The van der Waals surface area contributed by atoms with Crippen LogP contribution in [0.5, 0.6) is 5.75 Å². The molecule has 148 valence electrons. The number of rotatable bonds is 2. The first-order valence-corrected chi connectivity index (χ1v) is 10.8. The predicted molar refractivity (Wildman–Crippen MR) is 106 cm³/mol. The van der Waals surface area contributed by atoms with Crippen molar-refractivity contribution in [2.24, 2.45) is 0 Å². The van der Waals surface area contributed by atoms with Gasteiger partial charge < -0.3 is 9.64 Å². The van der Waals surface area contributed by atoms with E-state index in [1.165, 1.54) is 4.31 Å². The van der Waals surface area contributed by atoms with E-state index in [0.29, 0.717) is 31.7 Å². The first-order chi connectivity index (χ1) is 13.3. The molecule has 28 heavy (non-hydrogen) atoms. The molecule has 2 aromatic carbocycles. The van der Waals surface area contributed by atoms with Gasteiger partial charge in [0.05, 0.1) is 19.5 Å². The number of amides is 1. The third kappa shape index (κ3) is 3.29. The van der Waals surface area contributed by atoms with Crippen LogP contribution in [0.4, 0.5) is 0 Å². The molecule has 1 atom stereocenters. The van der Waals surface area contributed by atoms with Crippen molar-refractivity contribution < 1.29 is 17.9 Å². The highest BCUT2D eigenvalue weighted by Gasteiger charge is 2.47. The van der Waals surface area contributed by atoms with Crippen molar-refractivity contribution in [2.75, 3.05) is 26.7 Å². The van der Waals surface area contributed by atoms with Crippen molar-refractivity contribution in [3.63, 3.8) is 0 Å². The van der Waals surface area contributed by atoms with Gasteiger partial charge in [0.25, 0.3) is 0 Å². The first kappa shape index (κ1) is 19.0. The van der Waals surface area contributed by atoms with Crippen molar-refractivity contribution >= 4 is 15.9 Å². The van der Waals surface area contributed by atoms with Crippen molar-refractivity contribution in [1.82, 2.24) is 9.21 Å². The number of hydrogen-bond donors (Lipinski definition) is 0. The summed E-state index contributed by atoms with van der Waals surface area (Å²) in [7, 11) is -2.04. The molecular formula is C21H24N2O4S. The number of aryl methyl sites for hydroxylation is 1. The molecule has 1 fully saturated rings. The van der Waals surface area contributed by atoms with Crippen LogP contribution < -0.4 is 4.74 Å². The average molecular weight is 401 g/mol. The second-order valence-electron chi connectivity index (χ2n) is 7.66. The fourth-order valence-electron chi connectivity index (χ4n) is 4.02. The third-order valence-corrected chi connectivity index (χ3v) is 7.49. The maximum Gasteiger partial charge on any atom is 0.246 e. The lowest BCUT2D eigenvalue weighted by Gasteiger charge is -2.30. The van der Waals surface area contributed by atoms with Gasteiger partial charge in [0.2, 0.25) is 15.9 Å². The summed E-state index contributed by atoms with van der Waals surface area (Å²) >= 11 is 0. The summed E-state index contributed by atoms with van der Waals surface area (Å²) in [6, 6.07) is 14.6. The predicted octanol–water partition coefficient (Wildman–Crippen LogP) is 2.22. The van der Waals surface area contributed by atoms with E-state index in [-0.39, 0.29) is 17.3 Å². The minimum absolute atomic E-state index is 0.0396. The van der Waals surface area contributed by atoms with Gasteiger partial charge in [-0.2, -0.15) is 4.31 Å². The quantitative estimate of drug-likeness (QED) is 0.775. The summed E-state index contributed by atoms with van der Waals surface area (Å²) in [6.07, 6.45) is 0.939. The van der Waals surface area contributed by atoms with Crippen LogP contribution in [0.3, 0.4) is 0 Å². The highest BCUT2D eigenvalue weighted by molar-refractivity contribution is 7.89. The molecule has 0 N–H and O–H groups in total. The smallest absolute Gasteiger partial charge is 0.246 e. The highest BCUT2D eigenvalue weighted by atomic mass is 32.2. The van der Waals surface area contributed by atoms with E-state index in [9.17, 15) is 13.2 Å². The van der Waals surface area contributed by atoms with Gasteiger partial charge in [-0.05, 0) is 30.2 Å². The molecule has 0 aromatic heterocycles. The Kier molecular flexibility index (Phi) is 4.67. The fourth-order valence-corrected chi connectivity index (χ4v) is 5.38. The van der Waals surface area contributed by atoms with Crippen molar-refractivity contribution in [3.05, 3.63) is 59.7 Å². The molecule has 0 radical (unpaired) electrons. The van der Waals surface area contributed by atoms with Crippen LogP contribution in [0.15, 0.2) is 53.4 Å². The van der Waals surface area contributed by atoms with Gasteiger partial charge in [0, 0.05) is 20.0 Å². The van der Waals surface area contributed by atoms with Crippen molar-refractivity contribution in [3.8, 4) is 5.75 Å². The number of ether oxygens (including phenoxy) is 1. The van der Waals surface area contributed by atoms with Crippen LogP contribution in [0.25, 0.3) is 0 Å². The van der Waals surface area contributed by atoms with E-state index < -0.39 is 15.6 Å². The number of likely N-dealkylation sites (tertiary alicyclic amines) is 1. The Morgan fingerprint density at radius 2 is 1.82 bits per heavy atom. The Balaban J connectivity index is 1.57. The molecule has 0 saturated carbocycles. The summed E-state index contributed by atoms with van der Waals surface area (Å²) in [5.41, 5.74) is 1.38. The molecule has 0 bridgehead atoms. The third-order valence-electron chi connectivity index (χ3n) is 5.65. The zero-order valence-electron chi connectivity index (χ0n) is 16.1. The van der Waals surface area contributed by atoms with Gasteiger partial charge in [0.15, 0.2) is 0 Å². The number of likely N-dealkylation sites (N-methyl/N-ethyl adjacent to an activating group) is 1. The van der Waals surface area contributed by atoms with E-state index in [0.717, 1.165) is 11.1 Å². The normalized spacial score (nSPS) is 23.9. The molecule has 1 saturated heterocycles. The van der Waals surface area contributed by atoms with Crippen molar-refractivity contribution in [1.29, 1.82) is 0 Å². The van der Waals surface area contributed by atoms with Gasteiger partial charge in [-0.15, -0.1) is 0 Å². The van der Waals surface area contributed by atoms with E-state index in [2.05, 4.69) is 0 Å². The van der Waals surface area contributed by atoms with Crippen molar-refractivity contribution in [2.45, 2.75) is 30.3 Å². The van der Waals surface area contributed by atoms with E-state index in [1.54, 1.807) is 36.2 Å². The summed E-state index contributed by atoms with van der Waals surface area (Å²) in [5, 5.41) is 0. The van der Waals surface area contributed by atoms with Gasteiger partial charge >= 0.3 is 0 Å².